The second-order valence-electron chi connectivity index (χ2n) is 7.72. The van der Waals surface area contributed by atoms with Crippen molar-refractivity contribution in [3.8, 4) is 0 Å². The highest BCUT2D eigenvalue weighted by Gasteiger charge is 2.46. The van der Waals surface area contributed by atoms with E-state index in [1.807, 2.05) is 0 Å². The van der Waals surface area contributed by atoms with Gasteiger partial charge in [-0.05, 0) is 29.3 Å². The SMILES string of the molecule is O=C1C(=O)N(Cc2cccc(C(F)(F)F)c2)C(c2cccnc2)/C1=C(/O)c1cccc([N+](=O)[O-])c1. The lowest BCUT2D eigenvalue weighted by atomic mass is 9.96. The van der Waals surface area contributed by atoms with Crippen LogP contribution in [0.15, 0.2) is 78.6 Å². The number of hydrogen-bond acceptors (Lipinski definition) is 6. The molecule has 1 amide bonds. The number of carbonyl (C=O) groups excluding carboxylic acids is 2. The number of hydrogen-bond donors (Lipinski definition) is 1. The number of rotatable bonds is 5. The van der Waals surface area contributed by atoms with Crippen LogP contribution >= 0.6 is 0 Å². The Morgan fingerprint density at radius 3 is 2.49 bits per heavy atom. The Morgan fingerprint density at radius 2 is 1.83 bits per heavy atom. The van der Waals surface area contributed by atoms with Gasteiger partial charge in [-0.3, -0.25) is 24.7 Å². The molecule has 1 aliphatic heterocycles. The number of nitro benzene ring substituents is 1. The summed E-state index contributed by atoms with van der Waals surface area (Å²) in [7, 11) is 0. The van der Waals surface area contributed by atoms with Crippen molar-refractivity contribution in [1.82, 2.24) is 9.88 Å². The average molecular weight is 483 g/mol. The number of nitro groups is 1. The van der Waals surface area contributed by atoms with Gasteiger partial charge in [-0.1, -0.05) is 30.3 Å². The Bertz CT molecular complexity index is 1360. The zero-order valence-corrected chi connectivity index (χ0v) is 17.8. The summed E-state index contributed by atoms with van der Waals surface area (Å²) in [5.41, 5.74) is -1.23. The van der Waals surface area contributed by atoms with Crippen molar-refractivity contribution in [3.63, 3.8) is 0 Å². The molecule has 0 radical (unpaired) electrons. The third-order valence-electron chi connectivity index (χ3n) is 5.48. The van der Waals surface area contributed by atoms with Gasteiger partial charge in [0.05, 0.1) is 22.1 Å². The van der Waals surface area contributed by atoms with Gasteiger partial charge in [-0.15, -0.1) is 0 Å². The van der Waals surface area contributed by atoms with Gasteiger partial charge in [0.2, 0.25) is 0 Å². The number of benzene rings is 2. The van der Waals surface area contributed by atoms with Crippen LogP contribution in [-0.4, -0.2) is 31.6 Å². The molecule has 35 heavy (non-hydrogen) atoms. The fraction of sp³-hybridized carbons (Fsp3) is 0.125. The fourth-order valence-corrected chi connectivity index (χ4v) is 3.89. The molecule has 3 aromatic rings. The highest BCUT2D eigenvalue weighted by atomic mass is 19.4. The molecule has 1 saturated heterocycles. The van der Waals surface area contributed by atoms with Crippen LogP contribution in [0.25, 0.3) is 5.76 Å². The lowest BCUT2D eigenvalue weighted by Crippen LogP contribution is -2.29. The maximum Gasteiger partial charge on any atom is 0.416 e. The third kappa shape index (κ3) is 4.60. The molecule has 2 aromatic carbocycles. The summed E-state index contributed by atoms with van der Waals surface area (Å²) in [4.78, 5) is 41.5. The molecular weight excluding hydrogens is 467 g/mol. The number of amides is 1. The number of carbonyl (C=O) groups is 2. The second kappa shape index (κ2) is 9.01. The Hall–Kier alpha value is -4.54. The average Bonchev–Trinajstić information content (AvgIpc) is 3.08. The van der Waals surface area contributed by atoms with E-state index in [-0.39, 0.29) is 28.9 Å². The smallest absolute Gasteiger partial charge is 0.416 e. The maximum absolute atomic E-state index is 13.2. The number of likely N-dealkylation sites (tertiary alicyclic amines) is 1. The number of ketones is 1. The van der Waals surface area contributed by atoms with Crippen molar-refractivity contribution in [2.45, 2.75) is 18.8 Å². The molecule has 1 atom stereocenters. The molecule has 0 bridgehead atoms. The minimum absolute atomic E-state index is 0.0647. The Balaban J connectivity index is 1.84. The van der Waals surface area contributed by atoms with Crippen LogP contribution in [0.2, 0.25) is 0 Å². The van der Waals surface area contributed by atoms with Gasteiger partial charge in [-0.2, -0.15) is 13.2 Å². The lowest BCUT2D eigenvalue weighted by Gasteiger charge is -2.25. The summed E-state index contributed by atoms with van der Waals surface area (Å²) in [6, 6.07) is 11.1. The van der Waals surface area contributed by atoms with E-state index in [1.165, 1.54) is 48.8 Å². The first-order valence-corrected chi connectivity index (χ1v) is 10.2. The number of Topliss-reactive ketones (excluding diaryl/α,β-unsaturated/α-hetero) is 1. The second-order valence-corrected chi connectivity index (χ2v) is 7.72. The number of alkyl halides is 3. The topological polar surface area (TPSA) is 114 Å². The molecule has 2 heterocycles. The summed E-state index contributed by atoms with van der Waals surface area (Å²) >= 11 is 0. The van der Waals surface area contributed by atoms with Crippen molar-refractivity contribution in [1.29, 1.82) is 0 Å². The van der Waals surface area contributed by atoms with Gasteiger partial charge in [0.15, 0.2) is 0 Å². The van der Waals surface area contributed by atoms with Gasteiger partial charge >= 0.3 is 6.18 Å². The minimum atomic E-state index is -4.60. The molecule has 1 unspecified atom stereocenters. The van der Waals surface area contributed by atoms with Crippen LogP contribution < -0.4 is 0 Å². The number of halogens is 3. The summed E-state index contributed by atoms with van der Waals surface area (Å²) in [6.07, 6.45) is -1.80. The van der Waals surface area contributed by atoms with Gasteiger partial charge in [-0.25, -0.2) is 0 Å². The first kappa shape index (κ1) is 23.6. The molecule has 8 nitrogen and oxygen atoms in total. The number of aliphatic hydroxyl groups is 1. The molecule has 0 spiro atoms. The summed E-state index contributed by atoms with van der Waals surface area (Å²) in [5, 5.41) is 22.1. The first-order chi connectivity index (χ1) is 16.6. The van der Waals surface area contributed by atoms with E-state index in [4.69, 9.17) is 0 Å². The molecule has 1 aromatic heterocycles. The van der Waals surface area contributed by atoms with Crippen LogP contribution in [0.1, 0.15) is 28.3 Å². The van der Waals surface area contributed by atoms with Crippen molar-refractivity contribution >= 4 is 23.1 Å². The van der Waals surface area contributed by atoms with Gasteiger partial charge in [0.1, 0.15) is 5.76 Å². The van der Waals surface area contributed by atoms with E-state index in [0.717, 1.165) is 23.1 Å². The molecule has 1 N–H and O–H groups in total. The van der Waals surface area contributed by atoms with Gasteiger partial charge < -0.3 is 10.0 Å². The molecular formula is C24H16F3N3O5. The van der Waals surface area contributed by atoms with Crippen molar-refractivity contribution in [3.05, 3.63) is 111 Å². The largest absolute Gasteiger partial charge is 0.507 e. The number of aliphatic hydroxyl groups excluding tert-OH is 1. The van der Waals surface area contributed by atoms with E-state index < -0.39 is 40.2 Å². The first-order valence-electron chi connectivity index (χ1n) is 10.2. The summed E-state index contributed by atoms with van der Waals surface area (Å²) in [6.45, 7) is -0.361. The highest BCUT2D eigenvalue weighted by Crippen LogP contribution is 2.40. The summed E-state index contributed by atoms with van der Waals surface area (Å²) in [5.74, 6) is -2.76. The molecule has 1 fully saturated rings. The van der Waals surface area contributed by atoms with E-state index >= 15 is 0 Å². The number of pyridine rings is 1. The highest BCUT2D eigenvalue weighted by molar-refractivity contribution is 6.46. The Labute approximate surface area is 196 Å². The predicted octanol–water partition coefficient (Wildman–Crippen LogP) is 4.63. The Kier molecular flexibility index (Phi) is 6.08. The van der Waals surface area contributed by atoms with Crippen LogP contribution in [0.3, 0.4) is 0 Å². The zero-order chi connectivity index (χ0) is 25.3. The van der Waals surface area contributed by atoms with Crippen LogP contribution in [0, 0.1) is 10.1 Å². The molecule has 0 saturated carbocycles. The Morgan fingerprint density at radius 1 is 1.09 bits per heavy atom. The van der Waals surface area contributed by atoms with E-state index in [9.17, 15) is 38.0 Å². The van der Waals surface area contributed by atoms with Crippen LogP contribution in [0.5, 0.6) is 0 Å². The quantitative estimate of drug-likeness (QED) is 0.186. The van der Waals surface area contributed by atoms with Crippen LogP contribution in [-0.2, 0) is 22.3 Å². The molecule has 4 rings (SSSR count). The standard InChI is InChI=1S/C24H16F3N3O5/c25-24(26,27)17-7-1-4-14(10-17)13-29-20(16-6-3-9-28-12-16)19(22(32)23(29)33)21(31)15-5-2-8-18(11-15)30(34)35/h1-12,20,31H,13H2/b21-19-. The maximum atomic E-state index is 13.2. The fourth-order valence-electron chi connectivity index (χ4n) is 3.89. The van der Waals surface area contributed by atoms with Crippen molar-refractivity contribution in [2.24, 2.45) is 0 Å². The zero-order valence-electron chi connectivity index (χ0n) is 17.8. The number of non-ortho nitro benzene ring substituents is 1. The van der Waals surface area contributed by atoms with E-state index in [0.29, 0.717) is 5.56 Å². The lowest BCUT2D eigenvalue weighted by molar-refractivity contribution is -0.384. The van der Waals surface area contributed by atoms with Crippen molar-refractivity contribution < 1.29 is 32.8 Å². The molecule has 0 aliphatic carbocycles. The van der Waals surface area contributed by atoms with Gasteiger partial charge in [0.25, 0.3) is 17.4 Å². The molecule has 178 valence electrons. The predicted molar refractivity (Wildman–Crippen MR) is 117 cm³/mol. The van der Waals surface area contributed by atoms with E-state index in [2.05, 4.69) is 4.98 Å². The number of nitrogens with zero attached hydrogens (tertiary/aromatic N) is 3. The molecule has 11 heteroatoms. The normalized spacial score (nSPS) is 17.6. The summed E-state index contributed by atoms with van der Waals surface area (Å²) < 4.78 is 39.5. The van der Waals surface area contributed by atoms with Crippen molar-refractivity contribution in [2.75, 3.05) is 0 Å². The third-order valence-corrected chi connectivity index (χ3v) is 5.48. The number of aromatic nitrogens is 1. The molecule has 1 aliphatic rings. The minimum Gasteiger partial charge on any atom is -0.507 e. The monoisotopic (exact) mass is 483 g/mol. The van der Waals surface area contributed by atoms with E-state index in [1.54, 1.807) is 6.07 Å². The van der Waals surface area contributed by atoms with Crippen LogP contribution in [0.4, 0.5) is 18.9 Å². The van der Waals surface area contributed by atoms with Gasteiger partial charge in [0, 0.05) is 36.6 Å².